The van der Waals surface area contributed by atoms with Crippen LogP contribution in [0.4, 0.5) is 20.2 Å². The van der Waals surface area contributed by atoms with E-state index in [9.17, 15) is 8.78 Å². The van der Waals surface area contributed by atoms with Crippen LogP contribution in [0, 0.1) is 5.82 Å². The second-order valence-corrected chi connectivity index (χ2v) is 8.05. The van der Waals surface area contributed by atoms with Crippen LogP contribution in [0.3, 0.4) is 0 Å². The lowest BCUT2D eigenvalue weighted by atomic mass is 9.89. The van der Waals surface area contributed by atoms with E-state index in [0.717, 1.165) is 6.07 Å². The lowest BCUT2D eigenvalue weighted by Crippen LogP contribution is -2.43. The van der Waals surface area contributed by atoms with Crippen molar-refractivity contribution in [2.75, 3.05) is 64.0 Å². The Hall–Kier alpha value is -2.21. The Morgan fingerprint density at radius 2 is 1.50 bits per heavy atom. The predicted molar refractivity (Wildman–Crippen MR) is 128 cm³/mol. The van der Waals surface area contributed by atoms with Crippen LogP contribution in [0.15, 0.2) is 35.3 Å². The third-order valence-electron chi connectivity index (χ3n) is 4.83. The van der Waals surface area contributed by atoms with Crippen molar-refractivity contribution < 1.29 is 27.7 Å². The normalized spacial score (nSPS) is 17.1. The number of halogens is 4. The van der Waals surface area contributed by atoms with Gasteiger partial charge in [0.1, 0.15) is 19.1 Å². The van der Waals surface area contributed by atoms with E-state index in [0.29, 0.717) is 43.4 Å². The largest absolute Gasteiger partial charge is 0.463 e. The molecule has 2 aromatic carbocycles. The van der Waals surface area contributed by atoms with Gasteiger partial charge >= 0.3 is 0 Å². The van der Waals surface area contributed by atoms with Gasteiger partial charge in [0.25, 0.3) is 6.02 Å². The first-order chi connectivity index (χ1) is 16.3. The van der Waals surface area contributed by atoms with Gasteiger partial charge in [-0.3, -0.25) is 5.73 Å². The van der Waals surface area contributed by atoms with E-state index in [-0.39, 0.29) is 41.5 Å². The van der Waals surface area contributed by atoms with Gasteiger partial charge in [0.15, 0.2) is 5.66 Å². The van der Waals surface area contributed by atoms with Crippen molar-refractivity contribution in [2.45, 2.75) is 5.66 Å². The predicted octanol–water partition coefficient (Wildman–Crippen LogP) is 3.69. The molecule has 3 rings (SSSR count). The maximum Gasteiger partial charge on any atom is 0.291 e. The molecule has 2 aromatic rings. The number of alkyl halides is 1. The van der Waals surface area contributed by atoms with Gasteiger partial charge in [0, 0.05) is 22.5 Å². The molecule has 0 aliphatic carbocycles. The van der Waals surface area contributed by atoms with Crippen molar-refractivity contribution in [3.8, 4) is 0 Å². The summed E-state index contributed by atoms with van der Waals surface area (Å²) in [5.41, 5.74) is 12.3. The van der Waals surface area contributed by atoms with Crippen LogP contribution in [-0.4, -0.2) is 58.9 Å². The molecule has 0 fully saturated rings. The molecule has 0 saturated carbocycles. The topological polar surface area (TPSA) is 113 Å². The Balaban J connectivity index is 1.62. The Morgan fingerprint density at radius 3 is 2.18 bits per heavy atom. The number of nitrogens with zero attached hydrogens (tertiary/aromatic N) is 1. The van der Waals surface area contributed by atoms with Crippen LogP contribution in [0.5, 0.6) is 0 Å². The average Bonchev–Trinajstić information content (AvgIpc) is 2.80. The molecule has 1 aliphatic heterocycles. The summed E-state index contributed by atoms with van der Waals surface area (Å²) in [7, 11) is 0. The Morgan fingerprint density at radius 1 is 0.882 bits per heavy atom. The third kappa shape index (κ3) is 6.68. The fourth-order valence-corrected chi connectivity index (χ4v) is 3.55. The van der Waals surface area contributed by atoms with Gasteiger partial charge < -0.3 is 30.0 Å². The van der Waals surface area contributed by atoms with E-state index >= 15 is 0 Å². The van der Waals surface area contributed by atoms with Crippen LogP contribution < -0.4 is 16.8 Å². The van der Waals surface area contributed by atoms with E-state index in [2.05, 4.69) is 10.3 Å². The lowest BCUT2D eigenvalue weighted by Gasteiger charge is -2.34. The maximum absolute atomic E-state index is 14.9. The van der Waals surface area contributed by atoms with E-state index in [1.165, 1.54) is 6.07 Å². The van der Waals surface area contributed by atoms with Crippen molar-refractivity contribution in [2.24, 2.45) is 10.7 Å². The Labute approximate surface area is 206 Å². The quantitative estimate of drug-likeness (QED) is 0.223. The molecule has 0 amide bonds. The van der Waals surface area contributed by atoms with Gasteiger partial charge in [-0.2, -0.15) is 0 Å². The summed E-state index contributed by atoms with van der Waals surface area (Å²) in [5, 5.41) is 3.21. The zero-order valence-corrected chi connectivity index (χ0v) is 19.8. The fraction of sp³-hybridized carbons (Fsp3) is 0.409. The SMILES string of the molecule is Nc1ccc2c(c1)C(N)(c1cc(Cl)c(Cl)cc1F)N=C(OCCOCCOCCOCCF)N2. The van der Waals surface area contributed by atoms with Crippen molar-refractivity contribution in [1.82, 2.24) is 0 Å². The molecule has 1 unspecified atom stereocenters. The molecule has 0 saturated heterocycles. The van der Waals surface area contributed by atoms with E-state index < -0.39 is 18.2 Å². The van der Waals surface area contributed by atoms with E-state index in [4.69, 9.17) is 53.6 Å². The van der Waals surface area contributed by atoms with Gasteiger partial charge in [0.2, 0.25) is 0 Å². The Bertz CT molecular complexity index is 1020. The zero-order chi connectivity index (χ0) is 24.6. The first-order valence-corrected chi connectivity index (χ1v) is 11.2. The minimum Gasteiger partial charge on any atom is -0.463 e. The number of ether oxygens (including phenoxy) is 4. The van der Waals surface area contributed by atoms with Crippen molar-refractivity contribution in [3.63, 3.8) is 0 Å². The molecule has 8 nitrogen and oxygen atoms in total. The van der Waals surface area contributed by atoms with Gasteiger partial charge in [-0.05, 0) is 30.3 Å². The summed E-state index contributed by atoms with van der Waals surface area (Å²) in [6.45, 7) is 1.32. The number of nitrogen functional groups attached to an aromatic ring is 1. The molecule has 5 N–H and O–H groups in total. The average molecular weight is 519 g/mol. The number of nitrogens with two attached hydrogens (primary N) is 2. The van der Waals surface area contributed by atoms with Gasteiger partial charge in [-0.15, -0.1) is 0 Å². The first-order valence-electron chi connectivity index (χ1n) is 10.5. The highest BCUT2D eigenvalue weighted by Gasteiger charge is 2.39. The monoisotopic (exact) mass is 518 g/mol. The van der Waals surface area contributed by atoms with Gasteiger partial charge in [0.05, 0.1) is 49.7 Å². The minimum absolute atomic E-state index is 0.0141. The zero-order valence-electron chi connectivity index (χ0n) is 18.3. The number of anilines is 2. The summed E-state index contributed by atoms with van der Waals surface area (Å²) >= 11 is 12.1. The highest BCUT2D eigenvalue weighted by molar-refractivity contribution is 6.42. The highest BCUT2D eigenvalue weighted by atomic mass is 35.5. The standard InChI is InChI=1S/C22H26Cl2F2N4O4/c23-17-12-15(19(26)13-18(17)24)22(28)16-11-14(27)1-2-20(16)29-21(30-22)34-10-9-33-8-7-32-6-5-31-4-3-25/h1-2,11-13H,3-10,27-28H2,(H,29,30). The van der Waals surface area contributed by atoms with Crippen LogP contribution >= 0.6 is 23.2 Å². The molecular weight excluding hydrogens is 493 g/mol. The number of hydrogen-bond acceptors (Lipinski definition) is 8. The summed E-state index contributed by atoms with van der Waals surface area (Å²) in [6.07, 6.45) is 0. The number of benzene rings is 2. The highest BCUT2D eigenvalue weighted by Crippen LogP contribution is 2.41. The van der Waals surface area contributed by atoms with E-state index in [1.807, 2.05) is 0 Å². The number of hydrogen-bond donors (Lipinski definition) is 3. The number of rotatable bonds is 12. The number of amidine groups is 1. The van der Waals surface area contributed by atoms with E-state index in [1.54, 1.807) is 18.2 Å². The molecule has 186 valence electrons. The number of aliphatic imine (C=N–C) groups is 1. The maximum atomic E-state index is 14.9. The molecular formula is C22H26Cl2F2N4O4. The summed E-state index contributed by atoms with van der Waals surface area (Å²) in [5.74, 6) is -0.672. The smallest absolute Gasteiger partial charge is 0.291 e. The van der Waals surface area contributed by atoms with Crippen molar-refractivity contribution in [1.29, 1.82) is 0 Å². The lowest BCUT2D eigenvalue weighted by molar-refractivity contribution is 0.00676. The van der Waals surface area contributed by atoms with Crippen LogP contribution in [0.25, 0.3) is 0 Å². The second-order valence-electron chi connectivity index (χ2n) is 7.23. The number of fused-ring (bicyclic) bond motifs is 1. The third-order valence-corrected chi connectivity index (χ3v) is 5.55. The van der Waals surface area contributed by atoms with Crippen LogP contribution in [-0.2, 0) is 24.6 Å². The Kier molecular flexibility index (Phi) is 9.69. The van der Waals surface area contributed by atoms with Crippen molar-refractivity contribution in [3.05, 3.63) is 57.3 Å². The molecule has 0 radical (unpaired) electrons. The molecule has 12 heteroatoms. The first kappa shape index (κ1) is 26.4. The molecule has 0 aromatic heterocycles. The van der Waals surface area contributed by atoms with Crippen molar-refractivity contribution >= 4 is 40.6 Å². The summed E-state index contributed by atoms with van der Waals surface area (Å²) in [4.78, 5) is 4.42. The molecule has 1 atom stereocenters. The molecule has 1 heterocycles. The second kappa shape index (κ2) is 12.5. The van der Waals surface area contributed by atoms with Crippen LogP contribution in [0.1, 0.15) is 11.1 Å². The summed E-state index contributed by atoms with van der Waals surface area (Å²) < 4.78 is 48.2. The molecule has 0 bridgehead atoms. The van der Waals surface area contributed by atoms with Crippen LogP contribution in [0.2, 0.25) is 10.0 Å². The van der Waals surface area contributed by atoms with Gasteiger partial charge in [-0.1, -0.05) is 23.2 Å². The minimum atomic E-state index is -1.66. The number of nitrogens with one attached hydrogen (secondary N) is 1. The molecule has 1 aliphatic rings. The van der Waals surface area contributed by atoms with Gasteiger partial charge in [-0.25, -0.2) is 13.8 Å². The fourth-order valence-electron chi connectivity index (χ4n) is 3.23. The molecule has 0 spiro atoms. The summed E-state index contributed by atoms with van der Waals surface area (Å²) in [6, 6.07) is 7.48. The molecule has 34 heavy (non-hydrogen) atoms.